The van der Waals surface area contributed by atoms with E-state index in [1.807, 2.05) is 37.3 Å². The van der Waals surface area contributed by atoms with Gasteiger partial charge in [0.1, 0.15) is 0 Å². The van der Waals surface area contributed by atoms with Crippen LogP contribution in [0.15, 0.2) is 42.5 Å². The SMILES string of the molecule is CCN(C(=O)c1ccc(-c2ccccc2)nn1)C1CCS(=O)(=O)C1. The molecule has 24 heavy (non-hydrogen) atoms. The van der Waals surface area contributed by atoms with Gasteiger partial charge in [0, 0.05) is 18.2 Å². The number of hydrogen-bond acceptors (Lipinski definition) is 5. The number of rotatable bonds is 4. The highest BCUT2D eigenvalue weighted by atomic mass is 32.2. The Labute approximate surface area is 141 Å². The van der Waals surface area contributed by atoms with E-state index in [-0.39, 0.29) is 29.1 Å². The number of carbonyl (C=O) groups is 1. The van der Waals surface area contributed by atoms with Gasteiger partial charge < -0.3 is 4.90 Å². The van der Waals surface area contributed by atoms with Crippen molar-refractivity contribution < 1.29 is 13.2 Å². The summed E-state index contributed by atoms with van der Waals surface area (Å²) >= 11 is 0. The zero-order valence-electron chi connectivity index (χ0n) is 13.4. The first-order valence-corrected chi connectivity index (χ1v) is 9.73. The molecule has 0 bridgehead atoms. The van der Waals surface area contributed by atoms with Crippen molar-refractivity contribution in [3.05, 3.63) is 48.2 Å². The summed E-state index contributed by atoms with van der Waals surface area (Å²) in [5, 5.41) is 8.17. The third-order valence-electron chi connectivity index (χ3n) is 4.20. The van der Waals surface area contributed by atoms with Crippen LogP contribution >= 0.6 is 0 Å². The van der Waals surface area contributed by atoms with E-state index in [0.717, 1.165) is 5.56 Å². The lowest BCUT2D eigenvalue weighted by molar-refractivity contribution is 0.0701. The zero-order chi connectivity index (χ0) is 17.2. The minimum Gasteiger partial charge on any atom is -0.333 e. The van der Waals surface area contributed by atoms with Crippen molar-refractivity contribution in [3.8, 4) is 11.3 Å². The van der Waals surface area contributed by atoms with Crippen molar-refractivity contribution in [2.45, 2.75) is 19.4 Å². The second kappa shape index (κ2) is 6.68. The Morgan fingerprint density at radius 3 is 2.46 bits per heavy atom. The van der Waals surface area contributed by atoms with Crippen LogP contribution in [0.1, 0.15) is 23.8 Å². The molecule has 1 amide bonds. The molecule has 1 saturated heterocycles. The molecule has 2 aromatic rings. The molecule has 3 rings (SSSR count). The largest absolute Gasteiger partial charge is 0.333 e. The van der Waals surface area contributed by atoms with Crippen LogP contribution < -0.4 is 0 Å². The van der Waals surface area contributed by atoms with Gasteiger partial charge in [-0.15, -0.1) is 10.2 Å². The topological polar surface area (TPSA) is 80.2 Å². The summed E-state index contributed by atoms with van der Waals surface area (Å²) in [5.74, 6) is -0.103. The minimum atomic E-state index is -3.04. The summed E-state index contributed by atoms with van der Waals surface area (Å²) in [5.41, 5.74) is 1.86. The number of hydrogen-bond donors (Lipinski definition) is 0. The van der Waals surface area contributed by atoms with Crippen molar-refractivity contribution in [2.75, 3.05) is 18.1 Å². The fraction of sp³-hybridized carbons (Fsp3) is 0.353. The van der Waals surface area contributed by atoms with Gasteiger partial charge in [-0.2, -0.15) is 0 Å². The molecule has 1 fully saturated rings. The molecule has 1 aromatic heterocycles. The maximum Gasteiger partial charge on any atom is 0.274 e. The van der Waals surface area contributed by atoms with Crippen LogP contribution in [0.25, 0.3) is 11.3 Å². The quantitative estimate of drug-likeness (QED) is 0.844. The van der Waals surface area contributed by atoms with E-state index in [0.29, 0.717) is 18.7 Å². The molecule has 1 aliphatic rings. The Hall–Kier alpha value is -2.28. The fourth-order valence-electron chi connectivity index (χ4n) is 2.95. The van der Waals surface area contributed by atoms with Crippen LogP contribution in [-0.4, -0.2) is 53.5 Å². The Kier molecular flexibility index (Phi) is 4.62. The van der Waals surface area contributed by atoms with Gasteiger partial charge in [0.2, 0.25) is 0 Å². The lowest BCUT2D eigenvalue weighted by Gasteiger charge is -2.26. The van der Waals surface area contributed by atoms with E-state index < -0.39 is 9.84 Å². The summed E-state index contributed by atoms with van der Waals surface area (Å²) in [6, 6.07) is 12.7. The first kappa shape index (κ1) is 16.6. The Morgan fingerprint density at radius 2 is 1.92 bits per heavy atom. The number of nitrogens with zero attached hydrogens (tertiary/aromatic N) is 3. The molecule has 1 aliphatic heterocycles. The molecule has 1 unspecified atom stereocenters. The molecular formula is C17H19N3O3S. The van der Waals surface area contributed by atoms with Crippen LogP contribution in [-0.2, 0) is 9.84 Å². The first-order valence-electron chi connectivity index (χ1n) is 7.91. The highest BCUT2D eigenvalue weighted by molar-refractivity contribution is 7.91. The predicted molar refractivity (Wildman–Crippen MR) is 91.2 cm³/mol. The summed E-state index contributed by atoms with van der Waals surface area (Å²) in [4.78, 5) is 14.2. The van der Waals surface area contributed by atoms with Crippen LogP contribution in [0.2, 0.25) is 0 Å². The van der Waals surface area contributed by atoms with Crippen LogP contribution in [0.4, 0.5) is 0 Å². The summed E-state index contributed by atoms with van der Waals surface area (Å²) in [6.45, 7) is 2.29. The van der Waals surface area contributed by atoms with Gasteiger partial charge in [-0.3, -0.25) is 4.79 Å². The second-order valence-corrected chi connectivity index (χ2v) is 8.05. The van der Waals surface area contributed by atoms with E-state index in [4.69, 9.17) is 0 Å². The van der Waals surface area contributed by atoms with Crippen molar-refractivity contribution in [2.24, 2.45) is 0 Å². The zero-order valence-corrected chi connectivity index (χ0v) is 14.2. The molecule has 0 N–H and O–H groups in total. The molecule has 1 aromatic carbocycles. The lowest BCUT2D eigenvalue weighted by atomic mass is 10.1. The molecule has 2 heterocycles. The lowest BCUT2D eigenvalue weighted by Crippen LogP contribution is -2.41. The molecule has 0 radical (unpaired) electrons. The Bertz CT molecular complexity index is 820. The number of amides is 1. The van der Waals surface area contributed by atoms with E-state index in [1.54, 1.807) is 17.0 Å². The van der Waals surface area contributed by atoms with E-state index in [9.17, 15) is 13.2 Å². The first-order chi connectivity index (χ1) is 11.5. The number of aromatic nitrogens is 2. The monoisotopic (exact) mass is 345 g/mol. The fourth-order valence-corrected chi connectivity index (χ4v) is 4.68. The van der Waals surface area contributed by atoms with E-state index in [2.05, 4.69) is 10.2 Å². The smallest absolute Gasteiger partial charge is 0.274 e. The average Bonchev–Trinajstić information content (AvgIpc) is 2.96. The normalized spacial score (nSPS) is 19.1. The van der Waals surface area contributed by atoms with Gasteiger partial charge in [0.15, 0.2) is 15.5 Å². The molecule has 0 saturated carbocycles. The van der Waals surface area contributed by atoms with Crippen molar-refractivity contribution in [3.63, 3.8) is 0 Å². The summed E-state index contributed by atoms with van der Waals surface area (Å²) in [6.07, 6.45) is 0.484. The third-order valence-corrected chi connectivity index (χ3v) is 5.95. The highest BCUT2D eigenvalue weighted by Crippen LogP contribution is 2.20. The standard InChI is InChI=1S/C17H19N3O3S/c1-2-20(14-10-11-24(22,23)12-14)17(21)16-9-8-15(18-19-16)13-6-4-3-5-7-13/h3-9,14H,2,10-12H2,1H3. The molecule has 0 spiro atoms. The molecule has 1 atom stereocenters. The number of carbonyl (C=O) groups excluding carboxylic acids is 1. The molecule has 0 aliphatic carbocycles. The predicted octanol–water partition coefficient (Wildman–Crippen LogP) is 1.79. The van der Waals surface area contributed by atoms with Crippen molar-refractivity contribution >= 4 is 15.7 Å². The minimum absolute atomic E-state index is 0.0299. The van der Waals surface area contributed by atoms with Gasteiger partial charge in [-0.25, -0.2) is 8.42 Å². The summed E-state index contributed by atoms with van der Waals surface area (Å²) in [7, 11) is -3.04. The third kappa shape index (κ3) is 3.46. The van der Waals surface area contributed by atoms with Crippen LogP contribution in [0.3, 0.4) is 0 Å². The molecule has 126 valence electrons. The maximum absolute atomic E-state index is 12.7. The number of benzene rings is 1. The van der Waals surface area contributed by atoms with Gasteiger partial charge in [-0.1, -0.05) is 30.3 Å². The van der Waals surface area contributed by atoms with Crippen LogP contribution in [0, 0.1) is 0 Å². The summed E-state index contributed by atoms with van der Waals surface area (Å²) < 4.78 is 23.3. The second-order valence-electron chi connectivity index (χ2n) is 5.82. The van der Waals surface area contributed by atoms with Crippen LogP contribution in [0.5, 0.6) is 0 Å². The average molecular weight is 345 g/mol. The molecular weight excluding hydrogens is 326 g/mol. The van der Waals surface area contributed by atoms with E-state index in [1.165, 1.54) is 0 Å². The van der Waals surface area contributed by atoms with Gasteiger partial charge >= 0.3 is 0 Å². The van der Waals surface area contributed by atoms with Crippen molar-refractivity contribution in [1.82, 2.24) is 15.1 Å². The molecule has 6 nitrogen and oxygen atoms in total. The van der Waals surface area contributed by atoms with Gasteiger partial charge in [0.25, 0.3) is 5.91 Å². The Balaban J connectivity index is 1.79. The highest BCUT2D eigenvalue weighted by Gasteiger charge is 2.34. The molecule has 7 heteroatoms. The number of sulfone groups is 1. The van der Waals surface area contributed by atoms with Crippen molar-refractivity contribution in [1.29, 1.82) is 0 Å². The van der Waals surface area contributed by atoms with Gasteiger partial charge in [-0.05, 0) is 25.5 Å². The maximum atomic E-state index is 12.7. The van der Waals surface area contributed by atoms with E-state index >= 15 is 0 Å². The van der Waals surface area contributed by atoms with Gasteiger partial charge in [0.05, 0.1) is 17.2 Å². The Morgan fingerprint density at radius 1 is 1.17 bits per heavy atom.